The number of fused-ring (bicyclic) bond motifs is 1. The number of rotatable bonds is 4. The van der Waals surface area contributed by atoms with Crippen LogP contribution >= 0.6 is 0 Å². The standard InChI is InChI=1S/C29H27NO4/c1-18-8-7-11-22(16-18)30-26(23-12-5-6-13-24(23)34-2)25(28(32)29(30)33)27(31)21-15-14-19-9-3-4-10-20(19)17-21/h5-8,11-17,26,31H,3-4,9-10H2,1-2H3/b27-25+. The number of amides is 1. The monoisotopic (exact) mass is 453 g/mol. The summed E-state index contributed by atoms with van der Waals surface area (Å²) in [5.41, 5.74) is 5.32. The molecule has 1 saturated heterocycles. The predicted molar refractivity (Wildman–Crippen MR) is 132 cm³/mol. The predicted octanol–water partition coefficient (Wildman–Crippen LogP) is 5.51. The molecule has 5 nitrogen and oxygen atoms in total. The van der Waals surface area contributed by atoms with Gasteiger partial charge in [0.2, 0.25) is 0 Å². The van der Waals surface area contributed by atoms with Crippen molar-refractivity contribution in [2.75, 3.05) is 12.0 Å². The van der Waals surface area contributed by atoms with Crippen LogP contribution in [0.2, 0.25) is 0 Å². The van der Waals surface area contributed by atoms with Gasteiger partial charge in [-0.25, -0.2) is 0 Å². The summed E-state index contributed by atoms with van der Waals surface area (Å²) >= 11 is 0. The number of ketones is 1. The van der Waals surface area contributed by atoms with Gasteiger partial charge >= 0.3 is 0 Å². The molecular formula is C29H27NO4. The van der Waals surface area contributed by atoms with Crippen molar-refractivity contribution in [2.45, 2.75) is 38.6 Å². The van der Waals surface area contributed by atoms with Crippen LogP contribution in [0.3, 0.4) is 0 Å². The highest BCUT2D eigenvalue weighted by Gasteiger charge is 2.48. The Kier molecular flexibility index (Phi) is 5.70. The Balaban J connectivity index is 1.73. The molecule has 34 heavy (non-hydrogen) atoms. The molecule has 1 unspecified atom stereocenters. The molecule has 1 aliphatic carbocycles. The minimum atomic E-state index is -0.811. The van der Waals surface area contributed by atoms with Crippen molar-refractivity contribution in [3.8, 4) is 5.75 Å². The van der Waals surface area contributed by atoms with E-state index in [0.29, 0.717) is 22.6 Å². The molecule has 0 aromatic heterocycles. The van der Waals surface area contributed by atoms with E-state index in [4.69, 9.17) is 4.74 Å². The Bertz CT molecular complexity index is 1320. The number of hydrogen-bond acceptors (Lipinski definition) is 4. The molecule has 3 aromatic carbocycles. The maximum atomic E-state index is 13.4. The highest BCUT2D eigenvalue weighted by Crippen LogP contribution is 2.45. The molecule has 1 fully saturated rings. The van der Waals surface area contributed by atoms with E-state index in [9.17, 15) is 14.7 Å². The Morgan fingerprint density at radius 1 is 0.941 bits per heavy atom. The Labute approximate surface area is 199 Å². The zero-order chi connectivity index (χ0) is 23.8. The lowest BCUT2D eigenvalue weighted by molar-refractivity contribution is -0.132. The third-order valence-electron chi connectivity index (χ3n) is 6.78. The molecule has 1 amide bonds. The number of aliphatic hydroxyl groups excluding tert-OH is 1. The van der Waals surface area contributed by atoms with Gasteiger partial charge in [0.15, 0.2) is 0 Å². The van der Waals surface area contributed by atoms with Crippen LogP contribution in [0.25, 0.3) is 5.76 Å². The number of hydrogen-bond donors (Lipinski definition) is 1. The van der Waals surface area contributed by atoms with Crippen LogP contribution in [-0.2, 0) is 22.4 Å². The smallest absolute Gasteiger partial charge is 0.300 e. The average molecular weight is 454 g/mol. The number of methoxy groups -OCH3 is 1. The minimum absolute atomic E-state index is 0.0757. The summed E-state index contributed by atoms with van der Waals surface area (Å²) in [6, 6.07) is 19.8. The van der Waals surface area contributed by atoms with E-state index in [0.717, 1.165) is 31.2 Å². The molecule has 172 valence electrons. The van der Waals surface area contributed by atoms with Gasteiger partial charge in [-0.1, -0.05) is 42.5 Å². The molecule has 1 heterocycles. The fourth-order valence-electron chi connectivity index (χ4n) is 5.10. The third-order valence-corrected chi connectivity index (χ3v) is 6.78. The van der Waals surface area contributed by atoms with Crippen molar-refractivity contribution < 1.29 is 19.4 Å². The van der Waals surface area contributed by atoms with Gasteiger partial charge in [0.25, 0.3) is 11.7 Å². The van der Waals surface area contributed by atoms with Gasteiger partial charge in [-0.3, -0.25) is 14.5 Å². The minimum Gasteiger partial charge on any atom is -0.507 e. The van der Waals surface area contributed by atoms with Gasteiger partial charge in [0, 0.05) is 16.8 Å². The summed E-state index contributed by atoms with van der Waals surface area (Å²) in [7, 11) is 1.56. The van der Waals surface area contributed by atoms with E-state index < -0.39 is 17.7 Å². The van der Waals surface area contributed by atoms with Crippen LogP contribution in [0.15, 0.2) is 72.3 Å². The second kappa shape index (κ2) is 8.82. The van der Waals surface area contributed by atoms with Gasteiger partial charge < -0.3 is 9.84 Å². The first-order chi connectivity index (χ1) is 16.5. The Morgan fingerprint density at radius 3 is 2.47 bits per heavy atom. The topological polar surface area (TPSA) is 66.8 Å². The average Bonchev–Trinajstić information content (AvgIpc) is 3.13. The molecule has 2 aliphatic rings. The first-order valence-electron chi connectivity index (χ1n) is 11.6. The fraction of sp³-hybridized carbons (Fsp3) is 0.241. The molecule has 3 aromatic rings. The van der Waals surface area contributed by atoms with Crippen LogP contribution in [0.4, 0.5) is 5.69 Å². The summed E-state index contributed by atoms with van der Waals surface area (Å²) in [6.07, 6.45) is 4.24. The zero-order valence-corrected chi connectivity index (χ0v) is 19.4. The Morgan fingerprint density at radius 2 is 1.71 bits per heavy atom. The van der Waals surface area contributed by atoms with E-state index in [2.05, 4.69) is 0 Å². The third kappa shape index (κ3) is 3.67. The van der Waals surface area contributed by atoms with Gasteiger partial charge in [-0.05, 0) is 73.6 Å². The van der Waals surface area contributed by atoms with Crippen LogP contribution in [-0.4, -0.2) is 23.9 Å². The number of carbonyl (C=O) groups is 2. The van der Waals surface area contributed by atoms with Crippen molar-refractivity contribution in [3.05, 3.63) is 100 Å². The van der Waals surface area contributed by atoms with E-state index in [1.54, 1.807) is 19.2 Å². The van der Waals surface area contributed by atoms with Crippen LogP contribution in [0.5, 0.6) is 5.75 Å². The summed E-state index contributed by atoms with van der Waals surface area (Å²) in [4.78, 5) is 28.2. The van der Waals surface area contributed by atoms with Gasteiger partial charge in [0.05, 0.1) is 18.7 Å². The highest BCUT2D eigenvalue weighted by molar-refractivity contribution is 6.51. The van der Waals surface area contributed by atoms with Crippen molar-refractivity contribution in [2.24, 2.45) is 0 Å². The largest absolute Gasteiger partial charge is 0.507 e. The first kappa shape index (κ1) is 22.0. The number of benzene rings is 3. The highest BCUT2D eigenvalue weighted by atomic mass is 16.5. The molecule has 5 heteroatoms. The summed E-state index contributed by atoms with van der Waals surface area (Å²) in [6.45, 7) is 1.94. The van der Waals surface area contributed by atoms with E-state index in [1.807, 2.05) is 61.5 Å². The molecule has 1 aliphatic heterocycles. The van der Waals surface area contributed by atoms with Crippen molar-refractivity contribution in [1.29, 1.82) is 0 Å². The van der Waals surface area contributed by atoms with Gasteiger partial charge in [0.1, 0.15) is 11.5 Å². The first-order valence-corrected chi connectivity index (χ1v) is 11.6. The number of para-hydroxylation sites is 1. The summed E-state index contributed by atoms with van der Waals surface area (Å²) < 4.78 is 5.59. The number of aliphatic hydroxyl groups is 1. The van der Waals surface area contributed by atoms with Gasteiger partial charge in [-0.15, -0.1) is 0 Å². The van der Waals surface area contributed by atoms with Gasteiger partial charge in [-0.2, -0.15) is 0 Å². The molecular weight excluding hydrogens is 426 g/mol. The number of anilines is 1. The SMILES string of the molecule is COc1ccccc1C1/C(=C(\O)c2ccc3c(c2)CCCC3)C(=O)C(=O)N1c1cccc(C)c1. The lowest BCUT2D eigenvalue weighted by Crippen LogP contribution is -2.29. The number of ether oxygens (including phenoxy) is 1. The molecule has 1 atom stereocenters. The molecule has 0 radical (unpaired) electrons. The number of Topliss-reactive ketones (excluding diaryl/α,β-unsaturated/α-hetero) is 1. The maximum Gasteiger partial charge on any atom is 0.300 e. The molecule has 0 bridgehead atoms. The molecule has 1 N–H and O–H groups in total. The Hall–Kier alpha value is -3.86. The quantitative estimate of drug-likeness (QED) is 0.321. The van der Waals surface area contributed by atoms with Crippen LogP contribution in [0, 0.1) is 6.92 Å². The van der Waals surface area contributed by atoms with Crippen LogP contribution in [0.1, 0.15) is 46.7 Å². The lowest BCUT2D eigenvalue weighted by atomic mass is 9.88. The van der Waals surface area contributed by atoms with Crippen molar-refractivity contribution in [3.63, 3.8) is 0 Å². The molecule has 5 rings (SSSR count). The van der Waals surface area contributed by atoms with E-state index >= 15 is 0 Å². The maximum absolute atomic E-state index is 13.4. The zero-order valence-electron chi connectivity index (χ0n) is 19.4. The lowest BCUT2D eigenvalue weighted by Gasteiger charge is -2.27. The second-order valence-electron chi connectivity index (χ2n) is 8.94. The van der Waals surface area contributed by atoms with Crippen molar-refractivity contribution >= 4 is 23.1 Å². The number of nitrogens with zero attached hydrogens (tertiary/aromatic N) is 1. The molecule has 0 spiro atoms. The normalized spacial score (nSPS) is 19.2. The number of carbonyl (C=O) groups excluding carboxylic acids is 2. The van der Waals surface area contributed by atoms with E-state index in [-0.39, 0.29) is 11.3 Å². The fourth-order valence-corrected chi connectivity index (χ4v) is 5.10. The number of aryl methyl sites for hydroxylation is 3. The summed E-state index contributed by atoms with van der Waals surface area (Å²) in [5.74, 6) is -0.977. The molecule has 0 saturated carbocycles. The van der Waals surface area contributed by atoms with Crippen LogP contribution < -0.4 is 9.64 Å². The van der Waals surface area contributed by atoms with Crippen molar-refractivity contribution in [1.82, 2.24) is 0 Å². The summed E-state index contributed by atoms with van der Waals surface area (Å²) in [5, 5.41) is 11.5. The second-order valence-corrected chi connectivity index (χ2v) is 8.94. The van der Waals surface area contributed by atoms with E-state index in [1.165, 1.54) is 16.0 Å².